The van der Waals surface area contributed by atoms with Crippen molar-refractivity contribution in [2.75, 3.05) is 5.32 Å². The molecule has 0 fully saturated rings. The van der Waals surface area contributed by atoms with E-state index in [1.807, 2.05) is 0 Å². The van der Waals surface area contributed by atoms with Gasteiger partial charge in [-0.3, -0.25) is 10.2 Å². The topological polar surface area (TPSA) is 92.6 Å². The number of hydrazone groups is 1. The Balaban J connectivity index is 1.92. The van der Waals surface area contributed by atoms with Gasteiger partial charge in [0.15, 0.2) is 10.9 Å². The summed E-state index contributed by atoms with van der Waals surface area (Å²) >= 11 is 4.76. The predicted octanol–water partition coefficient (Wildman–Crippen LogP) is 2.85. The summed E-state index contributed by atoms with van der Waals surface area (Å²) in [6, 6.07) is 5.97. The monoisotopic (exact) mass is 360 g/mol. The number of rotatable bonds is 3. The molecule has 0 unspecified atom stereocenters. The normalized spacial score (nSPS) is 14.9. The zero-order valence-electron chi connectivity index (χ0n) is 13.6. The molecule has 130 valence electrons. The van der Waals surface area contributed by atoms with Crippen LogP contribution in [-0.2, 0) is 6.42 Å². The molecule has 2 aromatic rings. The molecule has 1 heterocycles. The smallest absolute Gasteiger partial charge is 0.291 e. The lowest BCUT2D eigenvalue weighted by Gasteiger charge is -2.13. The molecular weight excluding hydrogens is 343 g/mol. The van der Waals surface area contributed by atoms with Crippen LogP contribution in [0.2, 0.25) is 0 Å². The van der Waals surface area contributed by atoms with E-state index >= 15 is 0 Å². The molecule has 0 spiro atoms. The number of benzene rings is 1. The number of para-hydroxylation sites is 1. The van der Waals surface area contributed by atoms with E-state index < -0.39 is 11.7 Å². The molecule has 3 rings (SSSR count). The highest BCUT2D eigenvalue weighted by molar-refractivity contribution is 7.80. The minimum atomic E-state index is -0.507. The number of nitrogens with two attached hydrogens (primary N) is 1. The first-order chi connectivity index (χ1) is 12.0. The number of thiocarbonyl (C=S) groups is 1. The molecule has 25 heavy (non-hydrogen) atoms. The van der Waals surface area contributed by atoms with E-state index in [4.69, 9.17) is 22.4 Å². The zero-order chi connectivity index (χ0) is 18.0. The van der Waals surface area contributed by atoms with Crippen molar-refractivity contribution in [3.8, 4) is 0 Å². The number of amides is 1. The first-order valence-corrected chi connectivity index (χ1v) is 8.18. The van der Waals surface area contributed by atoms with Crippen molar-refractivity contribution in [1.82, 2.24) is 5.43 Å². The summed E-state index contributed by atoms with van der Waals surface area (Å²) in [5.41, 5.74) is 10.3. The third kappa shape index (κ3) is 3.53. The highest BCUT2D eigenvalue weighted by atomic mass is 32.1. The van der Waals surface area contributed by atoms with Gasteiger partial charge in [0.05, 0.1) is 11.4 Å². The molecular formula is C17H17FN4O2S. The Kier molecular flexibility index (Phi) is 4.80. The number of nitrogens with zero attached hydrogens (tertiary/aromatic N) is 1. The van der Waals surface area contributed by atoms with Gasteiger partial charge in [-0.15, -0.1) is 0 Å². The minimum absolute atomic E-state index is 0.0679. The molecule has 0 saturated carbocycles. The first kappa shape index (κ1) is 17.1. The second-order valence-corrected chi connectivity index (χ2v) is 6.12. The van der Waals surface area contributed by atoms with Crippen molar-refractivity contribution in [2.45, 2.75) is 26.2 Å². The van der Waals surface area contributed by atoms with Gasteiger partial charge in [0.2, 0.25) is 0 Å². The Labute approximate surface area is 149 Å². The second-order valence-electron chi connectivity index (χ2n) is 5.68. The van der Waals surface area contributed by atoms with Crippen molar-refractivity contribution in [3.05, 3.63) is 52.7 Å². The van der Waals surface area contributed by atoms with Gasteiger partial charge in [-0.25, -0.2) is 4.39 Å². The fourth-order valence-corrected chi connectivity index (χ4v) is 2.91. The quantitative estimate of drug-likeness (QED) is 0.578. The average Bonchev–Trinajstić information content (AvgIpc) is 2.93. The molecule has 0 bridgehead atoms. The number of fused-ring (bicyclic) bond motifs is 1. The van der Waals surface area contributed by atoms with Gasteiger partial charge >= 0.3 is 0 Å². The number of carbonyl (C=O) groups excluding carboxylic acids is 1. The molecule has 8 heteroatoms. The number of furan rings is 1. The molecule has 1 amide bonds. The van der Waals surface area contributed by atoms with E-state index in [-0.39, 0.29) is 16.6 Å². The largest absolute Gasteiger partial charge is 0.455 e. The lowest BCUT2D eigenvalue weighted by molar-refractivity contribution is 0.0993. The SMILES string of the molecule is Cc1c(C(=O)Nc2ccccc2F)oc2c1/C(=N/NC(N)=S)CCC2. The Morgan fingerprint density at radius 3 is 2.84 bits per heavy atom. The van der Waals surface area contributed by atoms with Crippen LogP contribution in [0, 0.1) is 12.7 Å². The van der Waals surface area contributed by atoms with Gasteiger partial charge < -0.3 is 15.5 Å². The Bertz CT molecular complexity index is 876. The van der Waals surface area contributed by atoms with Gasteiger partial charge in [0.25, 0.3) is 5.91 Å². The van der Waals surface area contributed by atoms with Crippen LogP contribution in [-0.4, -0.2) is 16.7 Å². The lowest BCUT2D eigenvalue weighted by atomic mass is 9.93. The number of aryl methyl sites for hydroxylation is 1. The average molecular weight is 360 g/mol. The van der Waals surface area contributed by atoms with Crippen molar-refractivity contribution < 1.29 is 13.6 Å². The molecule has 1 aliphatic carbocycles. The molecule has 0 atom stereocenters. The summed E-state index contributed by atoms with van der Waals surface area (Å²) < 4.78 is 19.5. The van der Waals surface area contributed by atoms with Crippen molar-refractivity contribution >= 4 is 34.6 Å². The van der Waals surface area contributed by atoms with Gasteiger partial charge in [-0.2, -0.15) is 5.10 Å². The van der Waals surface area contributed by atoms with Crippen LogP contribution in [0.25, 0.3) is 0 Å². The summed E-state index contributed by atoms with van der Waals surface area (Å²) in [6.07, 6.45) is 2.26. The van der Waals surface area contributed by atoms with Crippen LogP contribution in [0.3, 0.4) is 0 Å². The van der Waals surface area contributed by atoms with Crippen LogP contribution in [0.5, 0.6) is 0 Å². The fraction of sp³-hybridized carbons (Fsp3) is 0.235. The standard InChI is InChI=1S/C17H17FN4O2S/c1-9-14-12(21-22-17(19)25)7-4-8-13(14)24-15(9)16(23)20-11-6-3-2-5-10(11)18/h2-3,5-6H,4,7-8H2,1H3,(H,20,23)(H3,19,22,25)/b21-12+. The summed E-state index contributed by atoms with van der Waals surface area (Å²) in [4.78, 5) is 12.5. The van der Waals surface area contributed by atoms with Crippen LogP contribution in [0.4, 0.5) is 10.1 Å². The Morgan fingerprint density at radius 1 is 1.36 bits per heavy atom. The molecule has 4 N–H and O–H groups in total. The van der Waals surface area contributed by atoms with Gasteiger partial charge in [-0.05, 0) is 44.1 Å². The molecule has 1 aromatic heterocycles. The number of halogens is 1. The van der Waals surface area contributed by atoms with Gasteiger partial charge in [-0.1, -0.05) is 12.1 Å². The highest BCUT2D eigenvalue weighted by Crippen LogP contribution is 2.30. The fourth-order valence-electron chi connectivity index (χ4n) is 2.86. The van der Waals surface area contributed by atoms with E-state index in [0.717, 1.165) is 24.1 Å². The molecule has 0 aliphatic heterocycles. The molecule has 1 aliphatic rings. The van der Waals surface area contributed by atoms with Crippen LogP contribution >= 0.6 is 12.2 Å². The Hall–Kier alpha value is -2.74. The van der Waals surface area contributed by atoms with E-state index in [9.17, 15) is 9.18 Å². The summed E-state index contributed by atoms with van der Waals surface area (Å²) in [7, 11) is 0. The van der Waals surface area contributed by atoms with Crippen LogP contribution in [0.1, 0.15) is 40.3 Å². The number of nitrogens with one attached hydrogen (secondary N) is 2. The van der Waals surface area contributed by atoms with Gasteiger partial charge in [0, 0.05) is 17.5 Å². The lowest BCUT2D eigenvalue weighted by Crippen LogP contribution is -2.26. The number of hydrogen-bond donors (Lipinski definition) is 3. The van der Waals surface area contributed by atoms with Crippen molar-refractivity contribution in [1.29, 1.82) is 0 Å². The van der Waals surface area contributed by atoms with E-state index in [1.54, 1.807) is 19.1 Å². The van der Waals surface area contributed by atoms with Crippen molar-refractivity contribution in [3.63, 3.8) is 0 Å². The van der Waals surface area contributed by atoms with Crippen LogP contribution in [0.15, 0.2) is 33.8 Å². The van der Waals surface area contributed by atoms with Crippen LogP contribution < -0.4 is 16.5 Å². The molecule has 6 nitrogen and oxygen atoms in total. The zero-order valence-corrected chi connectivity index (χ0v) is 14.4. The minimum Gasteiger partial charge on any atom is -0.455 e. The Morgan fingerprint density at radius 2 is 2.12 bits per heavy atom. The van der Waals surface area contributed by atoms with E-state index in [1.165, 1.54) is 12.1 Å². The maximum atomic E-state index is 13.7. The maximum Gasteiger partial charge on any atom is 0.291 e. The summed E-state index contributed by atoms with van der Waals surface area (Å²) in [6.45, 7) is 1.78. The number of hydrogen-bond acceptors (Lipinski definition) is 4. The number of anilines is 1. The van der Waals surface area contributed by atoms with E-state index in [0.29, 0.717) is 17.7 Å². The summed E-state index contributed by atoms with van der Waals surface area (Å²) in [5.74, 6) is -0.171. The third-order valence-electron chi connectivity index (χ3n) is 3.96. The van der Waals surface area contributed by atoms with Gasteiger partial charge in [0.1, 0.15) is 11.6 Å². The summed E-state index contributed by atoms with van der Waals surface area (Å²) in [5, 5.41) is 6.81. The second kappa shape index (κ2) is 7.02. The number of carbonyl (C=O) groups is 1. The predicted molar refractivity (Wildman–Crippen MR) is 97.2 cm³/mol. The van der Waals surface area contributed by atoms with Crippen molar-refractivity contribution in [2.24, 2.45) is 10.8 Å². The first-order valence-electron chi connectivity index (χ1n) is 7.78. The highest BCUT2D eigenvalue weighted by Gasteiger charge is 2.28. The molecule has 0 radical (unpaired) electrons. The third-order valence-corrected chi connectivity index (χ3v) is 4.05. The molecule has 1 aromatic carbocycles. The van der Waals surface area contributed by atoms with E-state index in [2.05, 4.69) is 15.8 Å². The molecule has 0 saturated heterocycles. The maximum absolute atomic E-state index is 13.7.